The molecule has 1 fully saturated rings. The molecule has 0 radical (unpaired) electrons. The van der Waals surface area contributed by atoms with Crippen LogP contribution in [0.1, 0.15) is 90.9 Å². The number of unbranched alkanes of at least 4 members (excludes halogenated alkanes) is 11. The van der Waals surface area contributed by atoms with E-state index in [2.05, 4.69) is 6.92 Å². The standard InChI is InChI=1S/C21H37O6P/c1-3-4-5-6-7-8-9-10-11-12-13-14-15-25-28(23)26-17-19-16-24-21(22)20(19)18(2)27-28/h19H,3-17H2,1-2H3/t19-,28?/m1/s1. The fourth-order valence-electron chi connectivity index (χ4n) is 3.67. The van der Waals surface area contributed by atoms with Gasteiger partial charge in [0.2, 0.25) is 0 Å². The van der Waals surface area contributed by atoms with E-state index in [1.54, 1.807) is 6.92 Å². The van der Waals surface area contributed by atoms with Crippen LogP contribution in [0.25, 0.3) is 0 Å². The van der Waals surface area contributed by atoms with Crippen molar-refractivity contribution in [2.75, 3.05) is 19.8 Å². The van der Waals surface area contributed by atoms with Crippen LogP contribution in [-0.2, 0) is 27.7 Å². The van der Waals surface area contributed by atoms with Gasteiger partial charge in [-0.15, -0.1) is 0 Å². The molecule has 0 aromatic rings. The molecule has 0 N–H and O–H groups in total. The molecule has 6 nitrogen and oxygen atoms in total. The fraction of sp³-hybridized carbons (Fsp3) is 0.857. The van der Waals surface area contributed by atoms with Gasteiger partial charge in [-0.2, -0.15) is 0 Å². The first-order valence-corrected chi connectivity index (χ1v) is 12.5. The zero-order valence-electron chi connectivity index (χ0n) is 17.6. The number of hydrogen-bond donors (Lipinski definition) is 0. The molecule has 0 amide bonds. The van der Waals surface area contributed by atoms with Crippen LogP contribution < -0.4 is 0 Å². The van der Waals surface area contributed by atoms with Gasteiger partial charge in [0, 0.05) is 0 Å². The zero-order chi connectivity index (χ0) is 20.2. The lowest BCUT2D eigenvalue weighted by molar-refractivity contribution is -0.135. The summed E-state index contributed by atoms with van der Waals surface area (Å²) in [5.74, 6) is -0.345. The maximum Gasteiger partial charge on any atom is 0.529 e. The molecule has 7 heteroatoms. The first-order valence-electron chi connectivity index (χ1n) is 11.0. The molecule has 0 saturated carbocycles. The number of allylic oxidation sites excluding steroid dienone is 1. The Morgan fingerprint density at radius 3 is 2.11 bits per heavy atom. The maximum atomic E-state index is 12.6. The fourth-order valence-corrected chi connectivity index (χ4v) is 5.00. The minimum atomic E-state index is -3.64. The topological polar surface area (TPSA) is 71.1 Å². The second kappa shape index (κ2) is 12.7. The Bertz CT molecular complexity index is 559. The Labute approximate surface area is 170 Å². The minimum Gasteiger partial charge on any atom is -0.461 e. The molecule has 2 atom stereocenters. The van der Waals surface area contributed by atoms with Crippen molar-refractivity contribution in [2.24, 2.45) is 5.92 Å². The number of phosphoric acid groups is 1. The predicted octanol–water partition coefficient (Wildman–Crippen LogP) is 6.31. The Kier molecular flexibility index (Phi) is 10.6. The summed E-state index contributed by atoms with van der Waals surface area (Å²) >= 11 is 0. The highest BCUT2D eigenvalue weighted by Gasteiger charge is 2.42. The quantitative estimate of drug-likeness (QED) is 0.188. The van der Waals surface area contributed by atoms with E-state index in [4.69, 9.17) is 18.3 Å². The second-order valence-corrected chi connectivity index (χ2v) is 9.42. The first kappa shape index (κ1) is 23.4. The Balaban J connectivity index is 1.51. The van der Waals surface area contributed by atoms with Gasteiger partial charge in [-0.1, -0.05) is 77.6 Å². The van der Waals surface area contributed by atoms with E-state index in [9.17, 15) is 9.36 Å². The number of rotatable bonds is 14. The summed E-state index contributed by atoms with van der Waals surface area (Å²) in [5, 5.41) is 0. The molecular weight excluding hydrogens is 379 g/mol. The number of hydrogen-bond acceptors (Lipinski definition) is 6. The molecule has 2 rings (SSSR count). The van der Waals surface area contributed by atoms with Crippen molar-refractivity contribution in [3.05, 3.63) is 11.3 Å². The van der Waals surface area contributed by atoms with Crippen molar-refractivity contribution in [1.82, 2.24) is 0 Å². The highest BCUT2D eigenvalue weighted by Crippen LogP contribution is 2.54. The molecule has 1 saturated heterocycles. The largest absolute Gasteiger partial charge is 0.529 e. The molecule has 2 heterocycles. The molecule has 162 valence electrons. The monoisotopic (exact) mass is 416 g/mol. The maximum absolute atomic E-state index is 12.6. The Morgan fingerprint density at radius 2 is 1.50 bits per heavy atom. The van der Waals surface area contributed by atoms with E-state index < -0.39 is 13.8 Å². The number of cyclic esters (lactones) is 1. The van der Waals surface area contributed by atoms with Gasteiger partial charge in [0.15, 0.2) is 0 Å². The summed E-state index contributed by atoms with van der Waals surface area (Å²) in [7, 11) is -3.64. The van der Waals surface area contributed by atoms with Crippen LogP contribution in [0.2, 0.25) is 0 Å². The van der Waals surface area contributed by atoms with Gasteiger partial charge in [-0.3, -0.25) is 9.05 Å². The van der Waals surface area contributed by atoms with E-state index in [1.165, 1.54) is 64.2 Å². The molecule has 0 aromatic heterocycles. The lowest BCUT2D eigenvalue weighted by atomic mass is 10.0. The van der Waals surface area contributed by atoms with Gasteiger partial charge in [0.05, 0.1) is 24.7 Å². The summed E-state index contributed by atoms with van der Waals surface area (Å²) < 4.78 is 33.8. The number of esters is 1. The van der Waals surface area contributed by atoms with E-state index >= 15 is 0 Å². The van der Waals surface area contributed by atoms with Crippen molar-refractivity contribution in [1.29, 1.82) is 0 Å². The van der Waals surface area contributed by atoms with Gasteiger partial charge in [0.25, 0.3) is 0 Å². The SMILES string of the molecule is CCCCCCCCCCCCCCOP1(=O)OC[C@H]2COC(=O)C2=C(C)O1. The second-order valence-electron chi connectivity index (χ2n) is 7.82. The normalized spacial score (nSPS) is 24.6. The number of carbonyl (C=O) groups excluding carboxylic acids is 1. The number of ether oxygens (including phenoxy) is 1. The van der Waals surface area contributed by atoms with E-state index in [-0.39, 0.29) is 19.1 Å². The van der Waals surface area contributed by atoms with E-state index in [1.807, 2.05) is 0 Å². The third-order valence-electron chi connectivity index (χ3n) is 5.35. The summed E-state index contributed by atoms with van der Waals surface area (Å²) in [6.45, 7) is 4.57. The smallest absolute Gasteiger partial charge is 0.461 e. The van der Waals surface area contributed by atoms with Gasteiger partial charge in [-0.05, 0) is 13.3 Å². The highest BCUT2D eigenvalue weighted by atomic mass is 31.2. The van der Waals surface area contributed by atoms with Crippen LogP contribution in [0.3, 0.4) is 0 Å². The lowest BCUT2D eigenvalue weighted by Gasteiger charge is -2.17. The number of carbonyl (C=O) groups is 1. The Morgan fingerprint density at radius 1 is 0.929 bits per heavy atom. The van der Waals surface area contributed by atoms with Crippen LogP contribution in [0.5, 0.6) is 0 Å². The molecule has 0 spiro atoms. The summed E-state index contributed by atoms with van der Waals surface area (Å²) in [4.78, 5) is 11.7. The van der Waals surface area contributed by atoms with Gasteiger partial charge in [0.1, 0.15) is 12.4 Å². The molecule has 2 aliphatic rings. The average Bonchev–Trinajstić information content (AvgIpc) is 2.98. The average molecular weight is 416 g/mol. The third-order valence-corrected chi connectivity index (χ3v) is 6.81. The molecule has 0 aliphatic carbocycles. The van der Waals surface area contributed by atoms with Crippen LogP contribution in [-0.4, -0.2) is 25.8 Å². The minimum absolute atomic E-state index is 0.119. The van der Waals surface area contributed by atoms with Crippen molar-refractivity contribution in [3.63, 3.8) is 0 Å². The summed E-state index contributed by atoms with van der Waals surface area (Å²) in [6.07, 6.45) is 15.1. The molecule has 2 aliphatic heterocycles. The van der Waals surface area contributed by atoms with Crippen LogP contribution in [0.15, 0.2) is 11.3 Å². The van der Waals surface area contributed by atoms with E-state index in [0.29, 0.717) is 17.9 Å². The Hall–Kier alpha value is -0.840. The summed E-state index contributed by atoms with van der Waals surface area (Å²) in [6, 6.07) is 0. The van der Waals surface area contributed by atoms with Crippen molar-refractivity contribution < 1.29 is 27.7 Å². The highest BCUT2D eigenvalue weighted by molar-refractivity contribution is 7.48. The van der Waals surface area contributed by atoms with Crippen molar-refractivity contribution in [3.8, 4) is 0 Å². The van der Waals surface area contributed by atoms with Gasteiger partial charge < -0.3 is 9.26 Å². The summed E-state index contributed by atoms with van der Waals surface area (Å²) in [5.41, 5.74) is 0.423. The van der Waals surface area contributed by atoms with Crippen LogP contribution >= 0.6 is 7.82 Å². The number of phosphoric ester groups is 1. The third kappa shape index (κ3) is 7.88. The van der Waals surface area contributed by atoms with Crippen LogP contribution in [0, 0.1) is 5.92 Å². The van der Waals surface area contributed by atoms with E-state index in [0.717, 1.165) is 12.8 Å². The molecule has 0 aromatic carbocycles. The molecular formula is C21H37O6P. The van der Waals surface area contributed by atoms with Gasteiger partial charge in [-0.25, -0.2) is 9.36 Å². The lowest BCUT2D eigenvalue weighted by Crippen LogP contribution is -2.10. The van der Waals surface area contributed by atoms with Gasteiger partial charge >= 0.3 is 13.8 Å². The van der Waals surface area contributed by atoms with Crippen molar-refractivity contribution >= 4 is 13.8 Å². The number of fused-ring (bicyclic) bond motifs is 1. The first-order chi connectivity index (χ1) is 13.6. The van der Waals surface area contributed by atoms with Crippen molar-refractivity contribution in [2.45, 2.75) is 90.9 Å². The zero-order valence-corrected chi connectivity index (χ0v) is 18.5. The predicted molar refractivity (Wildman–Crippen MR) is 109 cm³/mol. The molecule has 1 unspecified atom stereocenters. The molecule has 0 bridgehead atoms. The van der Waals surface area contributed by atoms with Crippen LogP contribution in [0.4, 0.5) is 0 Å². The molecule has 28 heavy (non-hydrogen) atoms.